The lowest BCUT2D eigenvalue weighted by Gasteiger charge is -2.04. The van der Waals surface area contributed by atoms with E-state index in [9.17, 15) is 4.79 Å². The molecule has 7 nitrogen and oxygen atoms in total. The van der Waals surface area contributed by atoms with Crippen molar-refractivity contribution in [2.24, 2.45) is 0 Å². The van der Waals surface area contributed by atoms with Crippen LogP contribution in [-0.2, 0) is 9.57 Å². The maximum Gasteiger partial charge on any atom is 0.274 e. The minimum atomic E-state index is -0.328. The highest BCUT2D eigenvalue weighted by molar-refractivity contribution is 5.96. The normalized spacial score (nSPS) is 10.6. The van der Waals surface area contributed by atoms with Crippen LogP contribution in [0.1, 0.15) is 10.4 Å². The Kier molecular flexibility index (Phi) is 3.63. The molecular weight excluding hydrogens is 224 g/mol. The van der Waals surface area contributed by atoms with E-state index in [1.165, 1.54) is 0 Å². The zero-order chi connectivity index (χ0) is 12.1. The van der Waals surface area contributed by atoms with E-state index in [0.717, 1.165) is 0 Å². The molecule has 1 aromatic heterocycles. The van der Waals surface area contributed by atoms with Crippen LogP contribution in [0.3, 0.4) is 0 Å². The number of methoxy groups -OCH3 is 1. The molecule has 0 radical (unpaired) electrons. The molecule has 17 heavy (non-hydrogen) atoms. The molecule has 0 aliphatic rings. The van der Waals surface area contributed by atoms with Gasteiger partial charge in [0, 0.05) is 12.7 Å². The van der Waals surface area contributed by atoms with Crippen molar-refractivity contribution >= 4 is 16.9 Å². The van der Waals surface area contributed by atoms with Gasteiger partial charge in [-0.1, -0.05) is 0 Å². The Labute approximate surface area is 97.1 Å². The van der Waals surface area contributed by atoms with Gasteiger partial charge >= 0.3 is 0 Å². The maximum atomic E-state index is 11.6. The lowest BCUT2D eigenvalue weighted by Crippen LogP contribution is -2.25. The van der Waals surface area contributed by atoms with Crippen molar-refractivity contribution in [2.45, 2.75) is 0 Å². The number of hydroxylamine groups is 1. The fourth-order valence-electron chi connectivity index (χ4n) is 1.28. The van der Waals surface area contributed by atoms with Gasteiger partial charge in [0.25, 0.3) is 5.91 Å². The van der Waals surface area contributed by atoms with E-state index >= 15 is 0 Å². The number of ether oxygens (including phenoxy) is 1. The Balaban J connectivity index is 1.98. The first kappa shape index (κ1) is 11.5. The largest absolute Gasteiger partial charge is 0.382 e. The highest BCUT2D eigenvalue weighted by atomic mass is 16.7. The summed E-state index contributed by atoms with van der Waals surface area (Å²) in [5, 5.41) is 10.3. The van der Waals surface area contributed by atoms with Gasteiger partial charge in [-0.2, -0.15) is 15.4 Å². The second-order valence-corrected chi connectivity index (χ2v) is 3.30. The first-order valence-electron chi connectivity index (χ1n) is 5.03. The summed E-state index contributed by atoms with van der Waals surface area (Å²) in [6.45, 7) is 0.719. The fraction of sp³-hybridized carbons (Fsp3) is 0.300. The zero-order valence-corrected chi connectivity index (χ0v) is 9.27. The van der Waals surface area contributed by atoms with Crippen LogP contribution < -0.4 is 5.48 Å². The zero-order valence-electron chi connectivity index (χ0n) is 9.27. The van der Waals surface area contributed by atoms with Gasteiger partial charge in [0.1, 0.15) is 11.0 Å². The summed E-state index contributed by atoms with van der Waals surface area (Å²) >= 11 is 0. The average molecular weight is 236 g/mol. The van der Waals surface area contributed by atoms with E-state index in [1.54, 1.807) is 25.3 Å². The molecule has 0 unspecified atom stereocenters. The van der Waals surface area contributed by atoms with Crippen molar-refractivity contribution < 1.29 is 14.4 Å². The second kappa shape index (κ2) is 5.37. The number of H-pyrrole nitrogens is 1. The van der Waals surface area contributed by atoms with E-state index in [1.807, 2.05) is 0 Å². The molecule has 1 aromatic carbocycles. The third-order valence-corrected chi connectivity index (χ3v) is 2.13. The molecule has 0 atom stereocenters. The summed E-state index contributed by atoms with van der Waals surface area (Å²) in [4.78, 5) is 16.6. The van der Waals surface area contributed by atoms with Crippen LogP contribution in [0.2, 0.25) is 0 Å². The minimum Gasteiger partial charge on any atom is -0.382 e. The van der Waals surface area contributed by atoms with Crippen molar-refractivity contribution in [3.05, 3.63) is 23.8 Å². The van der Waals surface area contributed by atoms with Gasteiger partial charge in [-0.05, 0) is 18.2 Å². The molecule has 0 spiro atoms. The van der Waals surface area contributed by atoms with Crippen LogP contribution in [0.5, 0.6) is 0 Å². The number of fused-ring (bicyclic) bond motifs is 1. The third-order valence-electron chi connectivity index (χ3n) is 2.13. The van der Waals surface area contributed by atoms with E-state index in [2.05, 4.69) is 20.9 Å². The summed E-state index contributed by atoms with van der Waals surface area (Å²) in [6.07, 6.45) is 0. The van der Waals surface area contributed by atoms with Crippen LogP contribution in [0.4, 0.5) is 0 Å². The minimum absolute atomic E-state index is 0.300. The van der Waals surface area contributed by atoms with Gasteiger partial charge in [0.15, 0.2) is 0 Å². The number of hydrogen-bond acceptors (Lipinski definition) is 5. The number of nitrogens with one attached hydrogen (secondary N) is 2. The summed E-state index contributed by atoms with van der Waals surface area (Å²) in [6, 6.07) is 5.00. The molecule has 1 heterocycles. The van der Waals surface area contributed by atoms with Crippen LogP contribution in [0.15, 0.2) is 18.2 Å². The molecule has 0 saturated carbocycles. The highest BCUT2D eigenvalue weighted by Crippen LogP contribution is 2.10. The van der Waals surface area contributed by atoms with Gasteiger partial charge in [-0.25, -0.2) is 5.48 Å². The van der Waals surface area contributed by atoms with E-state index in [0.29, 0.717) is 29.8 Å². The lowest BCUT2D eigenvalue weighted by atomic mass is 10.2. The van der Waals surface area contributed by atoms with Crippen molar-refractivity contribution in [1.82, 2.24) is 20.9 Å². The molecule has 0 aliphatic heterocycles. The quantitative estimate of drug-likeness (QED) is 0.574. The van der Waals surface area contributed by atoms with Crippen LogP contribution in [0, 0.1) is 0 Å². The Morgan fingerprint density at radius 3 is 3.00 bits per heavy atom. The molecule has 0 bridgehead atoms. The van der Waals surface area contributed by atoms with E-state index < -0.39 is 0 Å². The molecule has 2 rings (SSSR count). The predicted octanol–water partition coefficient (Wildman–Crippen LogP) is 0.266. The molecule has 0 fully saturated rings. The topological polar surface area (TPSA) is 89.1 Å². The number of rotatable bonds is 5. The van der Waals surface area contributed by atoms with Crippen LogP contribution in [0.25, 0.3) is 11.0 Å². The molecule has 90 valence electrons. The van der Waals surface area contributed by atoms with Gasteiger partial charge in [0.05, 0.1) is 13.2 Å². The van der Waals surface area contributed by atoms with Crippen LogP contribution in [-0.4, -0.2) is 41.6 Å². The molecule has 0 aliphatic carbocycles. The molecule has 2 aromatic rings. The van der Waals surface area contributed by atoms with Crippen molar-refractivity contribution in [2.75, 3.05) is 20.3 Å². The van der Waals surface area contributed by atoms with Crippen molar-refractivity contribution in [3.8, 4) is 0 Å². The smallest absolute Gasteiger partial charge is 0.274 e. The van der Waals surface area contributed by atoms with Crippen LogP contribution >= 0.6 is 0 Å². The summed E-state index contributed by atoms with van der Waals surface area (Å²) < 4.78 is 4.78. The SMILES string of the molecule is COCCONC(=O)c1ccc2n[nH]nc2c1. The Hall–Kier alpha value is -1.99. The predicted molar refractivity (Wildman–Crippen MR) is 59.2 cm³/mol. The van der Waals surface area contributed by atoms with Gasteiger partial charge < -0.3 is 4.74 Å². The van der Waals surface area contributed by atoms with Gasteiger partial charge in [0.2, 0.25) is 0 Å². The number of carbonyl (C=O) groups is 1. The Morgan fingerprint density at radius 1 is 1.35 bits per heavy atom. The number of aromatic nitrogens is 3. The number of nitrogens with zero attached hydrogens (tertiary/aromatic N) is 2. The summed E-state index contributed by atoms with van der Waals surface area (Å²) in [7, 11) is 1.56. The molecule has 2 N–H and O–H groups in total. The summed E-state index contributed by atoms with van der Waals surface area (Å²) in [5.74, 6) is -0.328. The van der Waals surface area contributed by atoms with E-state index in [4.69, 9.17) is 9.57 Å². The Bertz CT molecular complexity index is 511. The maximum absolute atomic E-state index is 11.6. The third kappa shape index (κ3) is 2.77. The number of hydrogen-bond donors (Lipinski definition) is 2. The number of benzene rings is 1. The summed E-state index contributed by atoms with van der Waals surface area (Å²) in [5.41, 5.74) is 4.12. The first-order valence-corrected chi connectivity index (χ1v) is 5.03. The second-order valence-electron chi connectivity index (χ2n) is 3.30. The average Bonchev–Trinajstić information content (AvgIpc) is 2.81. The van der Waals surface area contributed by atoms with Crippen molar-refractivity contribution in [3.63, 3.8) is 0 Å². The molecule has 1 amide bonds. The van der Waals surface area contributed by atoms with Gasteiger partial charge in [-0.3, -0.25) is 9.63 Å². The standard InChI is InChI=1S/C10H12N4O3/c1-16-4-5-17-13-10(15)7-2-3-8-9(6-7)12-14-11-8/h2-3,6H,4-5H2,1H3,(H,13,15)(H,11,12,14). The number of aromatic amines is 1. The van der Waals surface area contributed by atoms with E-state index in [-0.39, 0.29) is 5.91 Å². The highest BCUT2D eigenvalue weighted by Gasteiger charge is 2.07. The lowest BCUT2D eigenvalue weighted by molar-refractivity contribution is 0.00889. The van der Waals surface area contributed by atoms with Gasteiger partial charge in [-0.15, -0.1) is 0 Å². The fourth-order valence-corrected chi connectivity index (χ4v) is 1.28. The number of amides is 1. The Morgan fingerprint density at radius 2 is 2.18 bits per heavy atom. The monoisotopic (exact) mass is 236 g/mol. The van der Waals surface area contributed by atoms with Crippen molar-refractivity contribution in [1.29, 1.82) is 0 Å². The number of carbonyl (C=O) groups excluding carboxylic acids is 1. The molecule has 7 heteroatoms. The molecular formula is C10H12N4O3. The molecule has 0 saturated heterocycles. The first-order chi connectivity index (χ1) is 8.31.